The van der Waals surface area contributed by atoms with Crippen LogP contribution in [-0.2, 0) is 11.2 Å². The van der Waals surface area contributed by atoms with Crippen LogP contribution < -0.4 is 5.32 Å². The van der Waals surface area contributed by atoms with E-state index in [1.54, 1.807) is 12.1 Å². The summed E-state index contributed by atoms with van der Waals surface area (Å²) in [6.07, 6.45) is 3.59. The third kappa shape index (κ3) is 9.07. The van der Waals surface area contributed by atoms with E-state index in [1.807, 2.05) is 12.1 Å². The van der Waals surface area contributed by atoms with Crippen LogP contribution in [-0.4, -0.2) is 36.0 Å². The zero-order valence-corrected chi connectivity index (χ0v) is 9.60. The molecule has 0 fully saturated rings. The maximum Gasteiger partial charge on any atom is 0.207 e. The number of aliphatic hydroxyl groups is 1. The summed E-state index contributed by atoms with van der Waals surface area (Å²) < 4.78 is 0. The maximum atomic E-state index is 9.34. The standard InChI is InChI=1S/C9H11NO.C3H7NO2/c10-7-1-2-8-3-5-9(11)6-4-8;5-2-1-4-3-6/h3-7,10-11H,1-2H2;3,5H,1-2H2,(H,4,6). The van der Waals surface area contributed by atoms with Crippen molar-refractivity contribution >= 4 is 12.6 Å². The second-order valence-electron chi connectivity index (χ2n) is 3.20. The Morgan fingerprint density at radius 3 is 2.35 bits per heavy atom. The van der Waals surface area contributed by atoms with Gasteiger partial charge in [0.05, 0.1) is 6.61 Å². The second-order valence-corrected chi connectivity index (χ2v) is 3.20. The van der Waals surface area contributed by atoms with Crippen LogP contribution in [0.25, 0.3) is 0 Å². The molecule has 1 aromatic carbocycles. The van der Waals surface area contributed by atoms with Crippen LogP contribution >= 0.6 is 0 Å². The number of carbonyl (C=O) groups excluding carboxylic acids is 1. The van der Waals surface area contributed by atoms with Gasteiger partial charge in [0, 0.05) is 6.54 Å². The first kappa shape index (κ1) is 15.1. The average Bonchev–Trinajstić information content (AvgIpc) is 2.36. The minimum atomic E-state index is 0.0126. The number of aryl methyl sites for hydroxylation is 1. The Hall–Kier alpha value is -1.88. The topological polar surface area (TPSA) is 93.4 Å². The van der Waals surface area contributed by atoms with Crippen LogP contribution in [0.15, 0.2) is 24.3 Å². The third-order valence-corrected chi connectivity index (χ3v) is 1.85. The van der Waals surface area contributed by atoms with Crippen LogP contribution in [0.3, 0.4) is 0 Å². The first-order valence-electron chi connectivity index (χ1n) is 5.29. The van der Waals surface area contributed by atoms with E-state index in [4.69, 9.17) is 15.6 Å². The van der Waals surface area contributed by atoms with Gasteiger partial charge in [-0.05, 0) is 36.8 Å². The lowest BCUT2D eigenvalue weighted by Gasteiger charge is -1.96. The molecule has 4 N–H and O–H groups in total. The number of phenolic OH excluding ortho intramolecular Hbond substituents is 1. The first-order chi connectivity index (χ1) is 8.24. The molecule has 5 heteroatoms. The van der Waals surface area contributed by atoms with Gasteiger partial charge in [-0.2, -0.15) is 0 Å². The van der Waals surface area contributed by atoms with Crippen LogP contribution in [0.1, 0.15) is 12.0 Å². The lowest BCUT2D eigenvalue weighted by molar-refractivity contribution is -0.109. The van der Waals surface area contributed by atoms with E-state index >= 15 is 0 Å². The van der Waals surface area contributed by atoms with Crippen molar-refractivity contribution in [3.8, 4) is 5.75 Å². The number of aliphatic hydroxyl groups excluding tert-OH is 1. The van der Waals surface area contributed by atoms with Crippen molar-refractivity contribution in [3.63, 3.8) is 0 Å². The monoisotopic (exact) mass is 238 g/mol. The number of aromatic hydroxyl groups is 1. The van der Waals surface area contributed by atoms with Crippen molar-refractivity contribution in [2.45, 2.75) is 12.8 Å². The van der Waals surface area contributed by atoms with E-state index in [9.17, 15) is 4.79 Å². The Bertz CT molecular complexity index is 312. The number of rotatable bonds is 6. The van der Waals surface area contributed by atoms with Crippen molar-refractivity contribution in [2.24, 2.45) is 0 Å². The summed E-state index contributed by atoms with van der Waals surface area (Å²) in [6.45, 7) is 0.363. The number of phenols is 1. The maximum absolute atomic E-state index is 9.34. The highest BCUT2D eigenvalue weighted by molar-refractivity contribution is 5.53. The summed E-state index contributed by atoms with van der Waals surface area (Å²) in [7, 11) is 0. The van der Waals surface area contributed by atoms with Gasteiger partial charge < -0.3 is 20.9 Å². The Morgan fingerprint density at radius 2 is 1.94 bits per heavy atom. The SMILES string of the molecule is N=CCCc1ccc(O)cc1.O=CNCCO. The summed E-state index contributed by atoms with van der Waals surface area (Å²) in [4.78, 5) is 9.34. The van der Waals surface area contributed by atoms with Gasteiger partial charge in [-0.15, -0.1) is 0 Å². The molecule has 0 aliphatic heterocycles. The predicted octanol–water partition coefficient (Wildman–Crippen LogP) is 0.699. The molecule has 0 aromatic heterocycles. The molecule has 1 amide bonds. The molecular formula is C12H18N2O3. The highest BCUT2D eigenvalue weighted by atomic mass is 16.3. The fourth-order valence-corrected chi connectivity index (χ4v) is 1.02. The average molecular weight is 238 g/mol. The Labute approximate surface area is 101 Å². The number of amides is 1. The minimum Gasteiger partial charge on any atom is -0.508 e. The van der Waals surface area contributed by atoms with Gasteiger partial charge in [0.15, 0.2) is 0 Å². The second kappa shape index (κ2) is 10.6. The molecule has 0 unspecified atom stereocenters. The number of hydrogen-bond acceptors (Lipinski definition) is 4. The van der Waals surface area contributed by atoms with Crippen molar-refractivity contribution < 1.29 is 15.0 Å². The number of carbonyl (C=O) groups is 1. The molecule has 0 aliphatic rings. The van der Waals surface area contributed by atoms with Gasteiger partial charge in [-0.25, -0.2) is 0 Å². The first-order valence-corrected chi connectivity index (χ1v) is 5.29. The zero-order valence-electron chi connectivity index (χ0n) is 9.60. The Balaban J connectivity index is 0.000000366. The molecule has 1 rings (SSSR count). The normalized spacial score (nSPS) is 8.76. The lowest BCUT2D eigenvalue weighted by Crippen LogP contribution is -2.14. The molecule has 5 nitrogen and oxygen atoms in total. The predicted molar refractivity (Wildman–Crippen MR) is 66.4 cm³/mol. The molecule has 0 aliphatic carbocycles. The Kier molecular flexibility index (Phi) is 9.46. The van der Waals surface area contributed by atoms with Crippen molar-refractivity contribution in [3.05, 3.63) is 29.8 Å². The van der Waals surface area contributed by atoms with Crippen molar-refractivity contribution in [2.75, 3.05) is 13.2 Å². The number of benzene rings is 1. The zero-order chi connectivity index (χ0) is 12.9. The van der Waals surface area contributed by atoms with E-state index in [-0.39, 0.29) is 6.61 Å². The molecule has 0 atom stereocenters. The minimum absolute atomic E-state index is 0.0126. The van der Waals surface area contributed by atoms with E-state index in [1.165, 1.54) is 6.21 Å². The van der Waals surface area contributed by atoms with Gasteiger partial charge in [-0.1, -0.05) is 12.1 Å². The molecule has 0 spiro atoms. The number of nitrogens with one attached hydrogen (secondary N) is 2. The highest BCUT2D eigenvalue weighted by Gasteiger charge is 1.90. The van der Waals surface area contributed by atoms with E-state index in [0.717, 1.165) is 18.4 Å². The summed E-state index contributed by atoms with van der Waals surface area (Å²) >= 11 is 0. The molecule has 94 valence electrons. The summed E-state index contributed by atoms with van der Waals surface area (Å²) in [5.74, 6) is 0.295. The van der Waals surface area contributed by atoms with E-state index in [0.29, 0.717) is 18.7 Å². The van der Waals surface area contributed by atoms with Crippen molar-refractivity contribution in [1.29, 1.82) is 5.41 Å². The number of hydrogen-bond donors (Lipinski definition) is 4. The van der Waals surface area contributed by atoms with Gasteiger partial charge in [0.2, 0.25) is 6.41 Å². The molecule has 0 bridgehead atoms. The fourth-order valence-electron chi connectivity index (χ4n) is 1.02. The van der Waals surface area contributed by atoms with Gasteiger partial charge in [-0.3, -0.25) is 4.79 Å². The van der Waals surface area contributed by atoms with Gasteiger partial charge >= 0.3 is 0 Å². The highest BCUT2D eigenvalue weighted by Crippen LogP contribution is 2.10. The lowest BCUT2D eigenvalue weighted by atomic mass is 10.1. The summed E-state index contributed by atoms with van der Waals surface area (Å²) in [5, 5.41) is 26.0. The van der Waals surface area contributed by atoms with Crippen molar-refractivity contribution in [1.82, 2.24) is 5.32 Å². The van der Waals surface area contributed by atoms with Gasteiger partial charge in [0.25, 0.3) is 0 Å². The van der Waals surface area contributed by atoms with Crippen LogP contribution in [0.2, 0.25) is 0 Å². The fraction of sp³-hybridized carbons (Fsp3) is 0.333. The molecular weight excluding hydrogens is 220 g/mol. The molecule has 17 heavy (non-hydrogen) atoms. The van der Waals surface area contributed by atoms with E-state index in [2.05, 4.69) is 5.32 Å². The smallest absolute Gasteiger partial charge is 0.207 e. The van der Waals surface area contributed by atoms with Crippen LogP contribution in [0.5, 0.6) is 5.75 Å². The molecule has 0 saturated carbocycles. The third-order valence-electron chi connectivity index (χ3n) is 1.85. The quantitative estimate of drug-likeness (QED) is 0.334. The molecule has 0 saturated heterocycles. The van der Waals surface area contributed by atoms with E-state index < -0.39 is 0 Å². The summed E-state index contributed by atoms with van der Waals surface area (Å²) in [6, 6.07) is 7.08. The molecule has 0 radical (unpaired) electrons. The molecule has 1 aromatic rings. The Morgan fingerprint density at radius 1 is 1.29 bits per heavy atom. The summed E-state index contributed by atoms with van der Waals surface area (Å²) in [5.41, 5.74) is 1.16. The van der Waals surface area contributed by atoms with Gasteiger partial charge in [0.1, 0.15) is 5.75 Å². The molecule has 0 heterocycles. The largest absolute Gasteiger partial charge is 0.508 e. The van der Waals surface area contributed by atoms with Crippen LogP contribution in [0, 0.1) is 5.41 Å². The van der Waals surface area contributed by atoms with Crippen LogP contribution in [0.4, 0.5) is 0 Å².